The van der Waals surface area contributed by atoms with Gasteiger partial charge >= 0.3 is 6.05 Å². The van der Waals surface area contributed by atoms with E-state index in [9.17, 15) is 13.6 Å². The number of aromatic nitrogens is 5. The summed E-state index contributed by atoms with van der Waals surface area (Å²) in [4.78, 5) is 24.3. The SMILES string of the molecule is CC(C)(C#N)NC(=O)c1cccc(-c2cnc3[nH]c(-c4cnn(C(C)(F)F)c4)c(Cl)c3c2)n1. The second-order valence-electron chi connectivity index (χ2n) is 8.05. The molecule has 0 aliphatic rings. The predicted octanol–water partition coefficient (Wildman–Crippen LogP) is 4.74. The van der Waals surface area contributed by atoms with Gasteiger partial charge in [0.05, 0.1) is 28.7 Å². The van der Waals surface area contributed by atoms with Crippen LogP contribution in [0.1, 0.15) is 31.3 Å². The molecule has 4 aromatic heterocycles. The molecule has 0 saturated heterocycles. The molecule has 168 valence electrons. The summed E-state index contributed by atoms with van der Waals surface area (Å²) >= 11 is 6.53. The molecule has 0 aromatic carbocycles. The number of aromatic amines is 1. The van der Waals surface area contributed by atoms with Crippen LogP contribution < -0.4 is 5.32 Å². The number of alkyl halides is 2. The van der Waals surface area contributed by atoms with Crippen molar-refractivity contribution in [3.63, 3.8) is 0 Å². The third-order valence-corrected chi connectivity index (χ3v) is 5.24. The second-order valence-corrected chi connectivity index (χ2v) is 8.43. The van der Waals surface area contributed by atoms with Gasteiger partial charge in [-0.15, -0.1) is 0 Å². The van der Waals surface area contributed by atoms with E-state index < -0.39 is 17.5 Å². The number of nitrogens with one attached hydrogen (secondary N) is 2. The average Bonchev–Trinajstić information content (AvgIpc) is 3.38. The minimum absolute atomic E-state index is 0.143. The molecule has 4 heterocycles. The molecule has 0 aliphatic carbocycles. The number of nitrogens with zero attached hydrogens (tertiary/aromatic N) is 5. The minimum Gasteiger partial charge on any atom is -0.338 e. The van der Waals surface area contributed by atoms with Gasteiger partial charge in [0.15, 0.2) is 0 Å². The van der Waals surface area contributed by atoms with Crippen LogP contribution in [-0.2, 0) is 6.05 Å². The van der Waals surface area contributed by atoms with Gasteiger partial charge in [-0.1, -0.05) is 17.7 Å². The van der Waals surface area contributed by atoms with E-state index in [0.717, 1.165) is 6.92 Å². The molecular weight excluding hydrogens is 452 g/mol. The Balaban J connectivity index is 1.70. The maximum Gasteiger partial charge on any atom is 0.340 e. The molecule has 0 atom stereocenters. The molecule has 0 unspecified atom stereocenters. The lowest BCUT2D eigenvalue weighted by atomic mass is 10.1. The maximum absolute atomic E-state index is 13.5. The molecule has 1 amide bonds. The summed E-state index contributed by atoms with van der Waals surface area (Å²) in [5.41, 5.74) is 1.43. The van der Waals surface area contributed by atoms with Gasteiger partial charge in [0.1, 0.15) is 16.9 Å². The highest BCUT2D eigenvalue weighted by Gasteiger charge is 2.26. The van der Waals surface area contributed by atoms with Gasteiger partial charge < -0.3 is 10.3 Å². The number of nitriles is 1. The van der Waals surface area contributed by atoms with Crippen molar-refractivity contribution in [1.82, 2.24) is 30.0 Å². The zero-order chi connectivity index (χ0) is 24.0. The summed E-state index contributed by atoms with van der Waals surface area (Å²) in [6.45, 7) is 3.92. The highest BCUT2D eigenvalue weighted by molar-refractivity contribution is 6.38. The second kappa shape index (κ2) is 7.94. The highest BCUT2D eigenvalue weighted by atomic mass is 35.5. The van der Waals surface area contributed by atoms with Crippen molar-refractivity contribution in [2.45, 2.75) is 32.4 Å². The van der Waals surface area contributed by atoms with E-state index in [0.29, 0.717) is 43.3 Å². The Morgan fingerprint density at radius 2 is 2.00 bits per heavy atom. The van der Waals surface area contributed by atoms with Gasteiger partial charge in [0, 0.05) is 35.8 Å². The van der Waals surface area contributed by atoms with Crippen molar-refractivity contribution < 1.29 is 13.6 Å². The minimum atomic E-state index is -3.15. The van der Waals surface area contributed by atoms with E-state index >= 15 is 0 Å². The number of carbonyl (C=O) groups excluding carboxylic acids is 1. The van der Waals surface area contributed by atoms with E-state index in [4.69, 9.17) is 16.9 Å². The van der Waals surface area contributed by atoms with Gasteiger partial charge in [-0.3, -0.25) is 4.79 Å². The smallest absolute Gasteiger partial charge is 0.338 e. The van der Waals surface area contributed by atoms with Crippen LogP contribution in [0.15, 0.2) is 42.9 Å². The van der Waals surface area contributed by atoms with E-state index in [1.807, 2.05) is 6.07 Å². The Labute approximate surface area is 192 Å². The number of amides is 1. The largest absolute Gasteiger partial charge is 0.340 e. The number of hydrogen-bond acceptors (Lipinski definition) is 5. The molecule has 11 heteroatoms. The molecule has 4 aromatic rings. The first-order valence-corrected chi connectivity index (χ1v) is 10.2. The maximum atomic E-state index is 13.5. The van der Waals surface area contributed by atoms with E-state index in [-0.39, 0.29) is 5.69 Å². The summed E-state index contributed by atoms with van der Waals surface area (Å²) in [6.07, 6.45) is 4.05. The standard InChI is InChI=1S/C22H18ClF2N7O/c1-21(2,11-26)31-20(33)16-6-4-5-15(29-16)12-7-14-17(23)18(30-19(14)27-8-12)13-9-28-32(10-13)22(3,24)25/h4-10H,1-3H3,(H,27,30)(H,31,33). The Hall–Kier alpha value is -3.84. The number of halogens is 3. The number of pyridine rings is 2. The molecule has 0 aliphatic heterocycles. The zero-order valence-electron chi connectivity index (χ0n) is 17.8. The van der Waals surface area contributed by atoms with Crippen LogP contribution in [0.3, 0.4) is 0 Å². The van der Waals surface area contributed by atoms with Crippen molar-refractivity contribution >= 4 is 28.5 Å². The summed E-state index contributed by atoms with van der Waals surface area (Å²) in [5, 5.41) is 16.3. The van der Waals surface area contributed by atoms with Crippen molar-refractivity contribution in [1.29, 1.82) is 5.26 Å². The summed E-state index contributed by atoms with van der Waals surface area (Å²) in [7, 11) is 0. The molecule has 0 radical (unpaired) electrons. The van der Waals surface area contributed by atoms with E-state index in [2.05, 4.69) is 25.4 Å². The molecular formula is C22H18ClF2N7O. The van der Waals surface area contributed by atoms with Crippen molar-refractivity contribution in [2.75, 3.05) is 0 Å². The fraction of sp³-hybridized carbons (Fsp3) is 0.227. The van der Waals surface area contributed by atoms with Crippen LogP contribution >= 0.6 is 11.6 Å². The normalized spacial score (nSPS) is 12.0. The zero-order valence-corrected chi connectivity index (χ0v) is 18.6. The van der Waals surface area contributed by atoms with E-state index in [1.165, 1.54) is 12.4 Å². The number of rotatable bonds is 5. The van der Waals surface area contributed by atoms with Crippen molar-refractivity contribution in [2.24, 2.45) is 0 Å². The van der Waals surface area contributed by atoms with Crippen LogP contribution in [0.5, 0.6) is 0 Å². The third kappa shape index (κ3) is 4.40. The van der Waals surface area contributed by atoms with Gasteiger partial charge in [-0.2, -0.15) is 19.1 Å². The molecule has 2 N–H and O–H groups in total. The Morgan fingerprint density at radius 3 is 2.67 bits per heavy atom. The molecule has 0 fully saturated rings. The monoisotopic (exact) mass is 469 g/mol. The summed E-state index contributed by atoms with van der Waals surface area (Å²) < 4.78 is 27.6. The van der Waals surface area contributed by atoms with Crippen LogP contribution in [0.4, 0.5) is 8.78 Å². The van der Waals surface area contributed by atoms with Gasteiger partial charge in [0.2, 0.25) is 0 Å². The highest BCUT2D eigenvalue weighted by Crippen LogP contribution is 2.36. The van der Waals surface area contributed by atoms with Gasteiger partial charge in [-0.05, 0) is 32.0 Å². The van der Waals surface area contributed by atoms with Gasteiger partial charge in [0.25, 0.3) is 5.91 Å². The van der Waals surface area contributed by atoms with Crippen LogP contribution in [0, 0.1) is 11.3 Å². The molecule has 8 nitrogen and oxygen atoms in total. The molecule has 0 bridgehead atoms. The van der Waals surface area contributed by atoms with Crippen molar-refractivity contribution in [3.05, 3.63) is 53.6 Å². The Morgan fingerprint density at radius 1 is 1.24 bits per heavy atom. The van der Waals surface area contributed by atoms with Crippen LogP contribution in [0.25, 0.3) is 33.5 Å². The Kier molecular flexibility index (Phi) is 5.38. The topological polar surface area (TPSA) is 112 Å². The molecule has 0 spiro atoms. The van der Waals surface area contributed by atoms with Crippen LogP contribution in [-0.4, -0.2) is 36.2 Å². The first-order chi connectivity index (χ1) is 15.5. The lowest BCUT2D eigenvalue weighted by molar-refractivity contribution is -0.0722. The number of fused-ring (bicyclic) bond motifs is 1. The molecule has 4 rings (SSSR count). The van der Waals surface area contributed by atoms with Crippen molar-refractivity contribution in [3.8, 4) is 28.6 Å². The summed E-state index contributed by atoms with van der Waals surface area (Å²) in [6, 6.07) is 5.53. The fourth-order valence-corrected chi connectivity index (χ4v) is 3.44. The quantitative estimate of drug-likeness (QED) is 0.438. The first-order valence-electron chi connectivity index (χ1n) is 9.80. The third-order valence-electron chi connectivity index (χ3n) is 4.84. The predicted molar refractivity (Wildman–Crippen MR) is 119 cm³/mol. The van der Waals surface area contributed by atoms with Crippen LogP contribution in [0.2, 0.25) is 5.02 Å². The summed E-state index contributed by atoms with van der Waals surface area (Å²) in [5.74, 6) is -0.482. The Bertz CT molecular complexity index is 1410. The fourth-order valence-electron chi connectivity index (χ4n) is 3.14. The molecule has 0 saturated carbocycles. The van der Waals surface area contributed by atoms with Gasteiger partial charge in [-0.25, -0.2) is 14.6 Å². The lowest BCUT2D eigenvalue weighted by Crippen LogP contribution is -2.42. The number of H-pyrrole nitrogens is 1. The first kappa shape index (κ1) is 22.4. The lowest BCUT2D eigenvalue weighted by Gasteiger charge is -2.17. The number of carbonyl (C=O) groups is 1. The molecule has 33 heavy (non-hydrogen) atoms. The van der Waals surface area contributed by atoms with E-state index in [1.54, 1.807) is 44.3 Å². The average molecular weight is 470 g/mol. The number of hydrogen-bond donors (Lipinski definition) is 2.